The molecule has 0 atom stereocenters. The van der Waals surface area contributed by atoms with Gasteiger partial charge in [-0.3, -0.25) is 4.68 Å². The molecule has 1 aromatic rings. The molecule has 1 rings (SSSR count). The van der Waals surface area contributed by atoms with Gasteiger partial charge in [-0.1, -0.05) is 0 Å². The molecule has 0 bridgehead atoms. The van der Waals surface area contributed by atoms with Crippen LogP contribution in [0.4, 0.5) is 0 Å². The number of hydrogen-bond donors (Lipinski definition) is 1. The average molecular weight is 156 g/mol. The van der Waals surface area contributed by atoms with Crippen LogP contribution >= 0.6 is 0 Å². The molecule has 62 valence electrons. The van der Waals surface area contributed by atoms with Crippen molar-refractivity contribution < 1.29 is 9.84 Å². The van der Waals surface area contributed by atoms with Gasteiger partial charge in [0.1, 0.15) is 0 Å². The van der Waals surface area contributed by atoms with Crippen LogP contribution in [0.5, 0.6) is 5.88 Å². The van der Waals surface area contributed by atoms with Crippen LogP contribution in [0.15, 0.2) is 6.20 Å². The Kier molecular flexibility index (Phi) is 2.48. The van der Waals surface area contributed by atoms with Crippen LogP contribution in [-0.2, 0) is 6.54 Å². The Morgan fingerprint density at radius 1 is 1.73 bits per heavy atom. The number of aliphatic hydroxyl groups excluding tert-OH is 1. The number of methoxy groups -OCH3 is 1. The van der Waals surface area contributed by atoms with Crippen LogP contribution in [0.25, 0.3) is 0 Å². The topological polar surface area (TPSA) is 47.3 Å². The van der Waals surface area contributed by atoms with Crippen LogP contribution in [-0.4, -0.2) is 28.6 Å². The van der Waals surface area contributed by atoms with Crippen LogP contribution in [0, 0.1) is 6.92 Å². The molecule has 1 heterocycles. The molecule has 0 unspecified atom stereocenters. The second kappa shape index (κ2) is 3.39. The van der Waals surface area contributed by atoms with E-state index in [4.69, 9.17) is 9.84 Å². The summed E-state index contributed by atoms with van der Waals surface area (Å²) in [6.45, 7) is 2.54. The predicted molar refractivity (Wildman–Crippen MR) is 40.6 cm³/mol. The molecule has 11 heavy (non-hydrogen) atoms. The molecule has 4 heteroatoms. The molecular weight excluding hydrogens is 144 g/mol. The normalized spacial score (nSPS) is 10.1. The second-order valence-corrected chi connectivity index (χ2v) is 2.31. The maximum Gasteiger partial charge on any atom is 0.235 e. The van der Waals surface area contributed by atoms with E-state index in [9.17, 15) is 0 Å². The highest BCUT2D eigenvalue weighted by Gasteiger charge is 2.02. The molecule has 0 aliphatic carbocycles. The summed E-state index contributed by atoms with van der Waals surface area (Å²) >= 11 is 0. The van der Waals surface area contributed by atoms with Crippen molar-refractivity contribution in [3.63, 3.8) is 0 Å². The molecule has 4 nitrogen and oxygen atoms in total. The summed E-state index contributed by atoms with van der Waals surface area (Å²) in [5, 5.41) is 12.6. The van der Waals surface area contributed by atoms with Gasteiger partial charge in [0.05, 0.1) is 20.3 Å². The zero-order valence-electron chi connectivity index (χ0n) is 6.74. The largest absolute Gasteiger partial charge is 0.480 e. The van der Waals surface area contributed by atoms with Gasteiger partial charge < -0.3 is 9.84 Å². The van der Waals surface area contributed by atoms with Gasteiger partial charge >= 0.3 is 0 Å². The summed E-state index contributed by atoms with van der Waals surface area (Å²) in [5.74, 6) is 0.624. The fraction of sp³-hybridized carbons (Fsp3) is 0.571. The highest BCUT2D eigenvalue weighted by atomic mass is 16.5. The Labute approximate surface area is 65.4 Å². The van der Waals surface area contributed by atoms with E-state index in [1.165, 1.54) is 0 Å². The number of aryl methyl sites for hydroxylation is 1. The summed E-state index contributed by atoms with van der Waals surface area (Å²) in [6, 6.07) is 0. The van der Waals surface area contributed by atoms with Gasteiger partial charge in [0.25, 0.3) is 0 Å². The zero-order valence-corrected chi connectivity index (χ0v) is 6.74. The van der Waals surface area contributed by atoms with Crippen molar-refractivity contribution in [3.8, 4) is 5.88 Å². The number of nitrogens with zero attached hydrogens (tertiary/aromatic N) is 2. The van der Waals surface area contributed by atoms with Crippen molar-refractivity contribution in [2.45, 2.75) is 13.5 Å². The Balaban J connectivity index is 2.77. The minimum Gasteiger partial charge on any atom is -0.480 e. The van der Waals surface area contributed by atoms with Gasteiger partial charge in [-0.2, -0.15) is 0 Å². The van der Waals surface area contributed by atoms with E-state index < -0.39 is 0 Å². The molecule has 0 fully saturated rings. The van der Waals surface area contributed by atoms with Crippen molar-refractivity contribution in [2.75, 3.05) is 13.7 Å². The third-order valence-electron chi connectivity index (χ3n) is 1.42. The van der Waals surface area contributed by atoms with E-state index in [0.717, 1.165) is 5.56 Å². The molecule has 0 saturated carbocycles. The molecule has 0 radical (unpaired) electrons. The Morgan fingerprint density at radius 2 is 2.45 bits per heavy atom. The minimum atomic E-state index is 0.101. The van der Waals surface area contributed by atoms with Crippen LogP contribution in [0.2, 0.25) is 0 Å². The molecule has 1 aromatic heterocycles. The fourth-order valence-corrected chi connectivity index (χ4v) is 0.922. The third-order valence-corrected chi connectivity index (χ3v) is 1.42. The molecule has 0 aliphatic rings. The Bertz CT molecular complexity index is 232. The Hall–Kier alpha value is -1.03. The number of aromatic nitrogens is 2. The Morgan fingerprint density at radius 3 is 2.91 bits per heavy atom. The lowest BCUT2D eigenvalue weighted by atomic mass is 10.4. The summed E-state index contributed by atoms with van der Waals surface area (Å²) in [4.78, 5) is 0. The summed E-state index contributed by atoms with van der Waals surface area (Å²) in [7, 11) is 1.58. The maximum atomic E-state index is 8.59. The van der Waals surface area contributed by atoms with Gasteiger partial charge in [0.15, 0.2) is 0 Å². The van der Waals surface area contributed by atoms with Crippen molar-refractivity contribution in [1.82, 2.24) is 9.78 Å². The first-order valence-electron chi connectivity index (χ1n) is 3.47. The highest BCUT2D eigenvalue weighted by Crippen LogP contribution is 2.12. The second-order valence-electron chi connectivity index (χ2n) is 2.31. The van der Waals surface area contributed by atoms with E-state index in [1.807, 2.05) is 13.1 Å². The van der Waals surface area contributed by atoms with Crippen LogP contribution in [0.1, 0.15) is 5.56 Å². The lowest BCUT2D eigenvalue weighted by molar-refractivity contribution is 0.267. The molecule has 0 amide bonds. The summed E-state index contributed by atoms with van der Waals surface area (Å²) < 4.78 is 6.62. The van der Waals surface area contributed by atoms with E-state index in [1.54, 1.807) is 11.8 Å². The van der Waals surface area contributed by atoms with Gasteiger partial charge in [0.2, 0.25) is 5.88 Å². The van der Waals surface area contributed by atoms with Gasteiger partial charge in [-0.25, -0.2) is 0 Å². The number of rotatable bonds is 3. The smallest absolute Gasteiger partial charge is 0.235 e. The quantitative estimate of drug-likeness (QED) is 0.679. The van der Waals surface area contributed by atoms with Crippen molar-refractivity contribution in [1.29, 1.82) is 0 Å². The molecule has 1 N–H and O–H groups in total. The SMILES string of the molecule is COc1nn(CCO)cc1C. The van der Waals surface area contributed by atoms with E-state index in [2.05, 4.69) is 5.10 Å². The van der Waals surface area contributed by atoms with E-state index >= 15 is 0 Å². The lowest BCUT2D eigenvalue weighted by Crippen LogP contribution is -2.02. The first kappa shape index (κ1) is 8.07. The average Bonchev–Trinajstić information content (AvgIpc) is 2.32. The summed E-state index contributed by atoms with van der Waals surface area (Å²) in [5.41, 5.74) is 0.987. The molecule has 0 aliphatic heterocycles. The highest BCUT2D eigenvalue weighted by molar-refractivity contribution is 5.20. The molecule has 0 saturated heterocycles. The summed E-state index contributed by atoms with van der Waals surface area (Å²) in [6.07, 6.45) is 1.84. The van der Waals surface area contributed by atoms with E-state index in [-0.39, 0.29) is 6.61 Å². The van der Waals surface area contributed by atoms with Gasteiger partial charge in [-0.05, 0) is 6.92 Å². The molecular formula is C7H12N2O2. The van der Waals surface area contributed by atoms with Crippen molar-refractivity contribution in [3.05, 3.63) is 11.8 Å². The van der Waals surface area contributed by atoms with Crippen molar-refractivity contribution >= 4 is 0 Å². The van der Waals surface area contributed by atoms with E-state index in [0.29, 0.717) is 12.4 Å². The van der Waals surface area contributed by atoms with Crippen LogP contribution < -0.4 is 4.74 Å². The first-order valence-corrected chi connectivity index (χ1v) is 3.47. The third kappa shape index (κ3) is 1.71. The van der Waals surface area contributed by atoms with Gasteiger partial charge in [-0.15, -0.1) is 5.10 Å². The number of ether oxygens (including phenoxy) is 1. The van der Waals surface area contributed by atoms with Crippen molar-refractivity contribution in [2.24, 2.45) is 0 Å². The molecule has 0 aromatic carbocycles. The van der Waals surface area contributed by atoms with Crippen LogP contribution in [0.3, 0.4) is 0 Å². The first-order chi connectivity index (χ1) is 5.27. The standard InChI is InChI=1S/C7H12N2O2/c1-6-5-9(3-4-10)8-7(6)11-2/h5,10H,3-4H2,1-2H3. The predicted octanol–water partition coefficient (Wildman–Crippen LogP) is 0.192. The lowest BCUT2D eigenvalue weighted by Gasteiger charge is -1.94. The fourth-order valence-electron chi connectivity index (χ4n) is 0.922. The maximum absolute atomic E-state index is 8.59. The zero-order chi connectivity index (χ0) is 8.27. The number of hydrogen-bond acceptors (Lipinski definition) is 3. The molecule has 0 spiro atoms. The minimum absolute atomic E-state index is 0.101. The number of aliphatic hydroxyl groups is 1. The monoisotopic (exact) mass is 156 g/mol. The van der Waals surface area contributed by atoms with Gasteiger partial charge in [0, 0.05) is 11.8 Å².